The van der Waals surface area contributed by atoms with Crippen molar-refractivity contribution < 1.29 is 9.47 Å². The first-order valence-corrected chi connectivity index (χ1v) is 5.72. The van der Waals surface area contributed by atoms with Gasteiger partial charge in [0.15, 0.2) is 0 Å². The lowest BCUT2D eigenvalue weighted by atomic mass is 10.1. The fourth-order valence-corrected chi connectivity index (χ4v) is 1.90. The van der Waals surface area contributed by atoms with Crippen molar-refractivity contribution in [2.24, 2.45) is 0 Å². The largest absolute Gasteiger partial charge is 0.496 e. The van der Waals surface area contributed by atoms with Gasteiger partial charge in [-0.1, -0.05) is 15.9 Å². The zero-order valence-corrected chi connectivity index (χ0v) is 10.2. The minimum Gasteiger partial charge on any atom is -0.496 e. The Bertz CT molecular complexity index is 339. The van der Waals surface area contributed by atoms with Crippen LogP contribution in [0.1, 0.15) is 5.56 Å². The molecule has 0 aromatic heterocycles. The van der Waals surface area contributed by atoms with Crippen molar-refractivity contribution in [1.82, 2.24) is 5.32 Å². The van der Waals surface area contributed by atoms with Crippen molar-refractivity contribution in [3.63, 3.8) is 0 Å². The predicted molar refractivity (Wildman–Crippen MR) is 62.1 cm³/mol. The highest BCUT2D eigenvalue weighted by molar-refractivity contribution is 9.10. The Hall–Kier alpha value is -0.580. The number of benzene rings is 1. The standard InChI is InChI=1S/C11H14BrNO2/c1-14-11-3-2-9(12)4-8(11)5-13-10-6-15-7-10/h2-4,10,13H,5-7H2,1H3. The number of rotatable bonds is 4. The molecule has 1 N–H and O–H groups in total. The van der Waals surface area contributed by atoms with Crippen molar-refractivity contribution in [3.05, 3.63) is 28.2 Å². The van der Waals surface area contributed by atoms with Crippen molar-refractivity contribution in [2.45, 2.75) is 12.6 Å². The number of nitrogens with one attached hydrogen (secondary N) is 1. The van der Waals surface area contributed by atoms with Gasteiger partial charge in [0.05, 0.1) is 26.4 Å². The van der Waals surface area contributed by atoms with Gasteiger partial charge < -0.3 is 14.8 Å². The summed E-state index contributed by atoms with van der Waals surface area (Å²) in [5.74, 6) is 0.922. The van der Waals surface area contributed by atoms with Crippen LogP contribution in [0.15, 0.2) is 22.7 Å². The van der Waals surface area contributed by atoms with E-state index in [-0.39, 0.29) is 0 Å². The molecule has 0 amide bonds. The van der Waals surface area contributed by atoms with Crippen molar-refractivity contribution in [2.75, 3.05) is 20.3 Å². The first-order valence-electron chi connectivity index (χ1n) is 4.93. The molecular formula is C11H14BrNO2. The summed E-state index contributed by atoms with van der Waals surface area (Å²) < 4.78 is 11.5. The van der Waals surface area contributed by atoms with E-state index in [0.29, 0.717) is 6.04 Å². The van der Waals surface area contributed by atoms with Gasteiger partial charge in [0, 0.05) is 16.6 Å². The average Bonchev–Trinajstić information content (AvgIpc) is 2.16. The van der Waals surface area contributed by atoms with E-state index in [1.54, 1.807) is 7.11 Å². The average molecular weight is 272 g/mol. The van der Waals surface area contributed by atoms with E-state index >= 15 is 0 Å². The van der Waals surface area contributed by atoms with Gasteiger partial charge in [0.2, 0.25) is 0 Å². The molecule has 1 fully saturated rings. The van der Waals surface area contributed by atoms with Crippen LogP contribution in [0.5, 0.6) is 5.75 Å². The molecule has 1 aliphatic heterocycles. The second kappa shape index (κ2) is 4.96. The maximum Gasteiger partial charge on any atom is 0.123 e. The summed E-state index contributed by atoms with van der Waals surface area (Å²) in [6, 6.07) is 6.52. The Labute approximate surface area is 97.9 Å². The Kier molecular flexibility index (Phi) is 3.61. The SMILES string of the molecule is COc1ccc(Br)cc1CNC1COC1. The Morgan fingerprint density at radius 2 is 2.33 bits per heavy atom. The molecule has 1 aliphatic rings. The summed E-state index contributed by atoms with van der Waals surface area (Å²) in [7, 11) is 1.69. The van der Waals surface area contributed by atoms with E-state index in [4.69, 9.17) is 9.47 Å². The zero-order valence-electron chi connectivity index (χ0n) is 8.63. The van der Waals surface area contributed by atoms with Gasteiger partial charge in [0.25, 0.3) is 0 Å². The fourth-order valence-electron chi connectivity index (χ4n) is 1.49. The molecule has 0 spiro atoms. The van der Waals surface area contributed by atoms with Crippen LogP contribution in [0.4, 0.5) is 0 Å². The minimum absolute atomic E-state index is 0.494. The highest BCUT2D eigenvalue weighted by Crippen LogP contribution is 2.23. The summed E-state index contributed by atoms with van der Waals surface area (Å²) in [6.07, 6.45) is 0. The summed E-state index contributed by atoms with van der Waals surface area (Å²) in [5, 5.41) is 3.41. The van der Waals surface area contributed by atoms with E-state index in [0.717, 1.165) is 30.0 Å². The maximum atomic E-state index is 5.29. The molecule has 82 valence electrons. The summed E-state index contributed by atoms with van der Waals surface area (Å²) in [4.78, 5) is 0. The molecular weight excluding hydrogens is 258 g/mol. The molecule has 1 aromatic carbocycles. The van der Waals surface area contributed by atoms with E-state index < -0.39 is 0 Å². The predicted octanol–water partition coefficient (Wildman–Crippen LogP) is 1.95. The highest BCUT2D eigenvalue weighted by atomic mass is 79.9. The lowest BCUT2D eigenvalue weighted by Gasteiger charge is -2.27. The number of ether oxygens (including phenoxy) is 2. The normalized spacial score (nSPS) is 16.1. The molecule has 0 saturated carbocycles. The topological polar surface area (TPSA) is 30.5 Å². The highest BCUT2D eigenvalue weighted by Gasteiger charge is 2.17. The van der Waals surface area contributed by atoms with E-state index in [1.807, 2.05) is 12.1 Å². The molecule has 3 nitrogen and oxygen atoms in total. The summed E-state index contributed by atoms with van der Waals surface area (Å²) in [6.45, 7) is 2.45. The Morgan fingerprint density at radius 3 is 2.93 bits per heavy atom. The van der Waals surface area contributed by atoms with E-state index in [2.05, 4.69) is 27.3 Å². The Balaban J connectivity index is 2.00. The van der Waals surface area contributed by atoms with Gasteiger partial charge in [-0.2, -0.15) is 0 Å². The molecule has 0 bridgehead atoms. The van der Waals surface area contributed by atoms with Crippen molar-refractivity contribution in [1.29, 1.82) is 0 Å². The third kappa shape index (κ3) is 2.71. The molecule has 1 saturated heterocycles. The van der Waals surface area contributed by atoms with Crippen LogP contribution in [0.3, 0.4) is 0 Å². The third-order valence-electron chi connectivity index (χ3n) is 2.46. The second-order valence-corrected chi connectivity index (χ2v) is 4.49. The molecule has 0 aliphatic carbocycles. The van der Waals surface area contributed by atoms with Gasteiger partial charge in [-0.15, -0.1) is 0 Å². The van der Waals surface area contributed by atoms with Crippen LogP contribution in [0.25, 0.3) is 0 Å². The molecule has 4 heteroatoms. The maximum absolute atomic E-state index is 5.29. The van der Waals surface area contributed by atoms with Crippen molar-refractivity contribution >= 4 is 15.9 Å². The quantitative estimate of drug-likeness (QED) is 0.908. The number of halogens is 1. The van der Waals surface area contributed by atoms with Crippen LogP contribution in [-0.4, -0.2) is 26.4 Å². The smallest absolute Gasteiger partial charge is 0.123 e. The van der Waals surface area contributed by atoms with E-state index in [1.165, 1.54) is 5.56 Å². The molecule has 1 aromatic rings. The number of methoxy groups -OCH3 is 1. The molecule has 0 atom stereocenters. The number of hydrogen-bond acceptors (Lipinski definition) is 3. The first-order chi connectivity index (χ1) is 7.29. The fraction of sp³-hybridized carbons (Fsp3) is 0.455. The zero-order chi connectivity index (χ0) is 10.7. The lowest BCUT2D eigenvalue weighted by molar-refractivity contribution is -0.00585. The summed E-state index contributed by atoms with van der Waals surface area (Å²) in [5.41, 5.74) is 1.17. The van der Waals surface area contributed by atoms with E-state index in [9.17, 15) is 0 Å². The third-order valence-corrected chi connectivity index (χ3v) is 2.95. The number of hydrogen-bond donors (Lipinski definition) is 1. The van der Waals surface area contributed by atoms with Gasteiger partial charge in [-0.25, -0.2) is 0 Å². The molecule has 2 rings (SSSR count). The molecule has 0 unspecified atom stereocenters. The Morgan fingerprint density at radius 1 is 1.53 bits per heavy atom. The molecule has 15 heavy (non-hydrogen) atoms. The van der Waals surface area contributed by atoms with Crippen LogP contribution < -0.4 is 10.1 Å². The van der Waals surface area contributed by atoms with Gasteiger partial charge in [0.1, 0.15) is 5.75 Å². The summed E-state index contributed by atoms with van der Waals surface area (Å²) >= 11 is 3.46. The minimum atomic E-state index is 0.494. The molecule has 0 radical (unpaired) electrons. The second-order valence-electron chi connectivity index (χ2n) is 3.57. The lowest BCUT2D eigenvalue weighted by Crippen LogP contribution is -2.45. The van der Waals surface area contributed by atoms with Crippen molar-refractivity contribution in [3.8, 4) is 5.75 Å². The van der Waals surface area contributed by atoms with Gasteiger partial charge in [-0.3, -0.25) is 0 Å². The first kappa shape index (κ1) is 10.9. The monoisotopic (exact) mass is 271 g/mol. The van der Waals surface area contributed by atoms with Crippen LogP contribution >= 0.6 is 15.9 Å². The van der Waals surface area contributed by atoms with Gasteiger partial charge >= 0.3 is 0 Å². The van der Waals surface area contributed by atoms with Gasteiger partial charge in [-0.05, 0) is 18.2 Å². The molecule has 1 heterocycles. The van der Waals surface area contributed by atoms with Crippen LogP contribution in [-0.2, 0) is 11.3 Å². The van der Waals surface area contributed by atoms with Crippen LogP contribution in [0.2, 0.25) is 0 Å². The van der Waals surface area contributed by atoms with Crippen LogP contribution in [0, 0.1) is 0 Å².